The molecule has 0 aromatic carbocycles. The summed E-state index contributed by atoms with van der Waals surface area (Å²) in [6.07, 6.45) is 2.17. The third-order valence-corrected chi connectivity index (χ3v) is 1.68. The lowest BCUT2D eigenvalue weighted by Gasteiger charge is -1.87. The molecule has 11 heavy (non-hydrogen) atoms. The third-order valence-electron chi connectivity index (χ3n) is 1.18. The van der Waals surface area contributed by atoms with Gasteiger partial charge in [0.1, 0.15) is 0 Å². The summed E-state index contributed by atoms with van der Waals surface area (Å²) in [5.74, 6) is 0.424. The van der Waals surface area contributed by atoms with E-state index in [1.165, 1.54) is 0 Å². The average molecular weight is 219 g/mol. The molecule has 0 unspecified atom stereocenters. The van der Waals surface area contributed by atoms with E-state index in [1.807, 2.05) is 0 Å². The molecule has 1 rings (SSSR count). The predicted molar refractivity (Wildman–Crippen MR) is 43.8 cm³/mol. The Kier molecular flexibility index (Phi) is 2.70. The molecule has 0 bridgehead atoms. The van der Waals surface area contributed by atoms with Crippen molar-refractivity contribution < 1.29 is 8.83 Å². The van der Waals surface area contributed by atoms with Gasteiger partial charge in [0.05, 0.1) is 5.33 Å². The van der Waals surface area contributed by atoms with Crippen molar-refractivity contribution >= 4 is 15.9 Å². The summed E-state index contributed by atoms with van der Waals surface area (Å²) in [7, 11) is 0. The molecule has 3 nitrogen and oxygen atoms in total. The maximum atomic E-state index is 10.6. The van der Waals surface area contributed by atoms with Crippen molar-refractivity contribution in [1.82, 2.24) is 0 Å². The van der Waals surface area contributed by atoms with Crippen LogP contribution in [0.4, 0.5) is 0 Å². The van der Waals surface area contributed by atoms with Gasteiger partial charge in [-0.05, 0) is 0 Å². The standard InChI is InChI=1S/C7H7BrO3/c1-2-3-5-6(4-8)11-7(9)10-5/h2H,1,3-4H2. The second-order valence-electron chi connectivity index (χ2n) is 1.93. The fourth-order valence-electron chi connectivity index (χ4n) is 0.724. The summed E-state index contributed by atoms with van der Waals surface area (Å²) in [5.41, 5.74) is 0. The minimum atomic E-state index is -0.656. The quantitative estimate of drug-likeness (QED) is 0.575. The normalized spacial score (nSPS) is 9.91. The monoisotopic (exact) mass is 218 g/mol. The first-order chi connectivity index (χ1) is 5.27. The second kappa shape index (κ2) is 3.57. The SMILES string of the molecule is C=CCc1oc(=O)oc1CBr. The summed E-state index contributed by atoms with van der Waals surface area (Å²) in [4.78, 5) is 10.6. The van der Waals surface area contributed by atoms with Crippen molar-refractivity contribution in [3.8, 4) is 0 Å². The first kappa shape index (κ1) is 8.33. The highest BCUT2D eigenvalue weighted by atomic mass is 79.9. The number of rotatable bonds is 3. The van der Waals surface area contributed by atoms with Gasteiger partial charge in [0.15, 0.2) is 11.5 Å². The number of hydrogen-bond donors (Lipinski definition) is 0. The highest BCUT2D eigenvalue weighted by Crippen LogP contribution is 2.11. The summed E-state index contributed by atoms with van der Waals surface area (Å²) in [6.45, 7) is 3.52. The second-order valence-corrected chi connectivity index (χ2v) is 2.49. The lowest BCUT2D eigenvalue weighted by molar-refractivity contribution is 0.371. The molecule has 0 aliphatic heterocycles. The van der Waals surface area contributed by atoms with Crippen LogP contribution in [0.5, 0.6) is 0 Å². The Morgan fingerprint density at radius 2 is 2.09 bits per heavy atom. The van der Waals surface area contributed by atoms with E-state index in [-0.39, 0.29) is 0 Å². The maximum absolute atomic E-state index is 10.6. The summed E-state index contributed by atoms with van der Waals surface area (Å²) in [6, 6.07) is 0. The Balaban J connectivity index is 3.01. The van der Waals surface area contributed by atoms with Crippen LogP contribution in [0.3, 0.4) is 0 Å². The zero-order valence-electron chi connectivity index (χ0n) is 5.80. The van der Waals surface area contributed by atoms with E-state index < -0.39 is 5.82 Å². The van der Waals surface area contributed by atoms with Crippen LogP contribution in [-0.4, -0.2) is 0 Å². The van der Waals surface area contributed by atoms with Crippen molar-refractivity contribution in [2.45, 2.75) is 11.8 Å². The van der Waals surface area contributed by atoms with Gasteiger partial charge in [0, 0.05) is 6.42 Å². The number of hydrogen-bond acceptors (Lipinski definition) is 3. The van der Waals surface area contributed by atoms with Crippen LogP contribution < -0.4 is 5.82 Å². The van der Waals surface area contributed by atoms with Crippen molar-refractivity contribution in [1.29, 1.82) is 0 Å². The minimum Gasteiger partial charge on any atom is -0.395 e. The van der Waals surface area contributed by atoms with Gasteiger partial charge in [0.25, 0.3) is 0 Å². The van der Waals surface area contributed by atoms with Crippen LogP contribution in [0, 0.1) is 0 Å². The van der Waals surface area contributed by atoms with Crippen LogP contribution in [0.2, 0.25) is 0 Å². The molecule has 0 aliphatic rings. The highest BCUT2D eigenvalue weighted by Gasteiger charge is 2.08. The molecule has 0 saturated carbocycles. The Morgan fingerprint density at radius 3 is 2.64 bits per heavy atom. The lowest BCUT2D eigenvalue weighted by atomic mass is 10.3. The number of allylic oxidation sites excluding steroid dienone is 1. The fraction of sp³-hybridized carbons (Fsp3) is 0.286. The van der Waals surface area contributed by atoms with Crippen molar-refractivity contribution in [3.05, 3.63) is 34.8 Å². The molecule has 4 heteroatoms. The molecule has 60 valence electrons. The van der Waals surface area contributed by atoms with E-state index in [0.29, 0.717) is 23.3 Å². The highest BCUT2D eigenvalue weighted by molar-refractivity contribution is 9.08. The number of halogens is 1. The molecule has 1 heterocycles. The molecule has 0 amide bonds. The Labute approximate surface area is 71.8 Å². The summed E-state index contributed by atoms with van der Waals surface area (Å²) >= 11 is 3.16. The van der Waals surface area contributed by atoms with E-state index in [0.717, 1.165) is 0 Å². The van der Waals surface area contributed by atoms with Gasteiger partial charge in [0.2, 0.25) is 0 Å². The van der Waals surface area contributed by atoms with Crippen LogP contribution >= 0.6 is 15.9 Å². The van der Waals surface area contributed by atoms with Crippen molar-refractivity contribution in [2.75, 3.05) is 0 Å². The van der Waals surface area contributed by atoms with Gasteiger partial charge in [-0.2, -0.15) is 0 Å². The van der Waals surface area contributed by atoms with Crippen LogP contribution in [-0.2, 0) is 11.8 Å². The topological polar surface area (TPSA) is 43.4 Å². The Bertz CT molecular complexity index is 297. The first-order valence-electron chi connectivity index (χ1n) is 3.06. The van der Waals surface area contributed by atoms with E-state index >= 15 is 0 Å². The molecule has 0 spiro atoms. The van der Waals surface area contributed by atoms with Crippen molar-refractivity contribution in [2.24, 2.45) is 0 Å². The third kappa shape index (κ3) is 1.83. The molecule has 0 fully saturated rings. The van der Waals surface area contributed by atoms with Gasteiger partial charge < -0.3 is 8.83 Å². The van der Waals surface area contributed by atoms with Gasteiger partial charge in [-0.3, -0.25) is 0 Å². The maximum Gasteiger partial charge on any atom is 0.519 e. The average Bonchev–Trinajstić information content (AvgIpc) is 2.32. The molecule has 0 atom stereocenters. The molecule has 0 radical (unpaired) electrons. The lowest BCUT2D eigenvalue weighted by Crippen LogP contribution is -1.86. The minimum absolute atomic E-state index is 0.488. The molecule has 0 aliphatic carbocycles. The Hall–Kier alpha value is -0.770. The molecule has 1 aromatic rings. The van der Waals surface area contributed by atoms with Crippen LogP contribution in [0.15, 0.2) is 26.3 Å². The summed E-state index contributed by atoms with van der Waals surface area (Å²) in [5, 5.41) is 0.488. The fourth-order valence-corrected chi connectivity index (χ4v) is 1.15. The largest absolute Gasteiger partial charge is 0.519 e. The first-order valence-corrected chi connectivity index (χ1v) is 4.18. The van der Waals surface area contributed by atoms with Crippen LogP contribution in [0.1, 0.15) is 11.5 Å². The van der Waals surface area contributed by atoms with Crippen LogP contribution in [0.25, 0.3) is 0 Å². The molecular formula is C7H7BrO3. The van der Waals surface area contributed by atoms with Gasteiger partial charge in [-0.15, -0.1) is 6.58 Å². The Morgan fingerprint density at radius 1 is 1.45 bits per heavy atom. The zero-order chi connectivity index (χ0) is 8.27. The van der Waals surface area contributed by atoms with E-state index in [2.05, 4.69) is 22.5 Å². The van der Waals surface area contributed by atoms with E-state index in [9.17, 15) is 4.79 Å². The smallest absolute Gasteiger partial charge is 0.395 e. The van der Waals surface area contributed by atoms with E-state index in [4.69, 9.17) is 8.83 Å². The molecule has 1 aromatic heterocycles. The predicted octanol–water partition coefficient (Wildman–Crippen LogP) is 1.86. The molecule has 0 saturated heterocycles. The van der Waals surface area contributed by atoms with Gasteiger partial charge in [-0.25, -0.2) is 4.79 Å². The van der Waals surface area contributed by atoms with E-state index in [1.54, 1.807) is 6.08 Å². The van der Waals surface area contributed by atoms with Gasteiger partial charge in [-0.1, -0.05) is 22.0 Å². The number of alkyl halides is 1. The molecule has 0 N–H and O–H groups in total. The van der Waals surface area contributed by atoms with Gasteiger partial charge >= 0.3 is 5.82 Å². The summed E-state index contributed by atoms with van der Waals surface area (Å²) < 4.78 is 9.42. The van der Waals surface area contributed by atoms with Crippen molar-refractivity contribution in [3.63, 3.8) is 0 Å². The molecular weight excluding hydrogens is 212 g/mol. The zero-order valence-corrected chi connectivity index (χ0v) is 7.39.